The van der Waals surface area contributed by atoms with Gasteiger partial charge in [-0.1, -0.05) is 28.1 Å². The van der Waals surface area contributed by atoms with Crippen molar-refractivity contribution in [3.63, 3.8) is 0 Å². The molecule has 106 valence electrons. The van der Waals surface area contributed by atoms with Crippen LogP contribution >= 0.6 is 40.7 Å². The molecule has 3 nitrogen and oxygen atoms in total. The quantitative estimate of drug-likeness (QED) is 0.892. The molecule has 6 heteroatoms. The number of rotatable bonds is 3. The van der Waals surface area contributed by atoms with Gasteiger partial charge in [-0.15, -0.1) is 24.8 Å². The molecule has 1 atom stereocenters. The molecule has 1 saturated heterocycles. The van der Waals surface area contributed by atoms with Gasteiger partial charge in [0.2, 0.25) is 0 Å². The van der Waals surface area contributed by atoms with Gasteiger partial charge in [-0.05, 0) is 17.7 Å². The van der Waals surface area contributed by atoms with Crippen molar-refractivity contribution in [3.8, 4) is 6.07 Å². The number of benzene rings is 1. The largest absolute Gasteiger partial charge is 0.314 e. The van der Waals surface area contributed by atoms with E-state index in [4.69, 9.17) is 5.26 Å². The van der Waals surface area contributed by atoms with Crippen LogP contribution < -0.4 is 5.32 Å². The SMILES string of the molecule is Cl.Cl.N#CC[C@H](c1cccc(Br)c1)N1CCNCC1. The second kappa shape index (κ2) is 9.57. The van der Waals surface area contributed by atoms with E-state index in [1.165, 1.54) is 5.56 Å². The summed E-state index contributed by atoms with van der Waals surface area (Å²) >= 11 is 3.49. The van der Waals surface area contributed by atoms with E-state index in [-0.39, 0.29) is 30.9 Å². The monoisotopic (exact) mass is 365 g/mol. The molecule has 0 unspecified atom stereocenters. The van der Waals surface area contributed by atoms with Crippen LogP contribution in [0.3, 0.4) is 0 Å². The number of nitriles is 1. The highest BCUT2D eigenvalue weighted by atomic mass is 79.9. The Morgan fingerprint density at radius 2 is 2.00 bits per heavy atom. The Morgan fingerprint density at radius 3 is 2.58 bits per heavy atom. The molecule has 0 bridgehead atoms. The van der Waals surface area contributed by atoms with E-state index in [0.29, 0.717) is 6.42 Å². The lowest BCUT2D eigenvalue weighted by Gasteiger charge is -2.34. The molecular weight excluding hydrogens is 349 g/mol. The zero-order chi connectivity index (χ0) is 12.1. The van der Waals surface area contributed by atoms with E-state index < -0.39 is 0 Å². The van der Waals surface area contributed by atoms with Gasteiger partial charge in [-0.3, -0.25) is 4.90 Å². The maximum Gasteiger partial charge on any atom is 0.0641 e. The average molecular weight is 367 g/mol. The van der Waals surface area contributed by atoms with E-state index in [9.17, 15) is 0 Å². The van der Waals surface area contributed by atoms with Gasteiger partial charge < -0.3 is 5.32 Å². The average Bonchev–Trinajstić information content (AvgIpc) is 2.37. The van der Waals surface area contributed by atoms with Gasteiger partial charge in [-0.25, -0.2) is 0 Å². The van der Waals surface area contributed by atoms with Crippen LogP contribution in [-0.4, -0.2) is 31.1 Å². The first kappa shape index (κ1) is 18.7. The molecule has 0 saturated carbocycles. The maximum absolute atomic E-state index is 8.99. The first-order valence-electron chi connectivity index (χ1n) is 5.88. The highest BCUT2D eigenvalue weighted by molar-refractivity contribution is 9.10. The lowest BCUT2D eigenvalue weighted by Crippen LogP contribution is -2.45. The fraction of sp³-hybridized carbons (Fsp3) is 0.462. The Kier molecular flexibility index (Phi) is 9.42. The van der Waals surface area contributed by atoms with Gasteiger partial charge >= 0.3 is 0 Å². The summed E-state index contributed by atoms with van der Waals surface area (Å²) in [6.07, 6.45) is 0.552. The summed E-state index contributed by atoms with van der Waals surface area (Å²) in [6.45, 7) is 4.05. The Hall–Kier alpha value is -0.310. The number of hydrogen-bond donors (Lipinski definition) is 1. The predicted octanol–water partition coefficient (Wildman–Crippen LogP) is 3.15. The van der Waals surface area contributed by atoms with Crippen molar-refractivity contribution in [2.45, 2.75) is 12.5 Å². The van der Waals surface area contributed by atoms with Crippen molar-refractivity contribution >= 4 is 40.7 Å². The molecule has 1 aliphatic rings. The van der Waals surface area contributed by atoms with E-state index in [2.05, 4.69) is 44.3 Å². The fourth-order valence-electron chi connectivity index (χ4n) is 2.25. The summed E-state index contributed by atoms with van der Waals surface area (Å²) in [6, 6.07) is 10.8. The molecule has 0 radical (unpaired) electrons. The molecule has 0 amide bonds. The molecule has 0 spiro atoms. The fourth-order valence-corrected chi connectivity index (χ4v) is 2.67. The number of hydrogen-bond acceptors (Lipinski definition) is 3. The third kappa shape index (κ3) is 5.29. The summed E-state index contributed by atoms with van der Waals surface area (Å²) < 4.78 is 1.08. The summed E-state index contributed by atoms with van der Waals surface area (Å²) in [5, 5.41) is 12.3. The molecule has 0 aliphatic carbocycles. The highest BCUT2D eigenvalue weighted by Gasteiger charge is 2.21. The molecule has 1 aliphatic heterocycles. The molecular formula is C13H18BrCl2N3. The van der Waals surface area contributed by atoms with Gasteiger partial charge in [0.1, 0.15) is 0 Å². The first-order chi connectivity index (χ1) is 8.31. The van der Waals surface area contributed by atoms with Crippen LogP contribution in [0.1, 0.15) is 18.0 Å². The standard InChI is InChI=1S/C13H16BrN3.2ClH/c14-12-3-1-2-11(10-12)13(4-5-15)17-8-6-16-7-9-17;;/h1-3,10,13,16H,4,6-9H2;2*1H/t13-;;/m1../s1. The smallest absolute Gasteiger partial charge is 0.0641 e. The van der Waals surface area contributed by atoms with Crippen molar-refractivity contribution in [1.29, 1.82) is 5.26 Å². The van der Waals surface area contributed by atoms with E-state index in [0.717, 1.165) is 30.7 Å². The van der Waals surface area contributed by atoms with Crippen LogP contribution in [0, 0.1) is 11.3 Å². The van der Waals surface area contributed by atoms with Crippen LogP contribution in [-0.2, 0) is 0 Å². The maximum atomic E-state index is 8.99. The van der Waals surface area contributed by atoms with Gasteiger partial charge in [0.25, 0.3) is 0 Å². The van der Waals surface area contributed by atoms with Crippen molar-refractivity contribution in [1.82, 2.24) is 10.2 Å². The normalized spacial score (nSPS) is 16.6. The lowest BCUT2D eigenvalue weighted by atomic mass is 10.0. The van der Waals surface area contributed by atoms with Gasteiger partial charge in [0.15, 0.2) is 0 Å². The van der Waals surface area contributed by atoms with Crippen molar-refractivity contribution in [3.05, 3.63) is 34.3 Å². The molecule has 1 aromatic carbocycles. The second-order valence-corrected chi connectivity index (χ2v) is 5.13. The summed E-state index contributed by atoms with van der Waals surface area (Å²) in [5.74, 6) is 0. The van der Waals surface area contributed by atoms with Crippen LogP contribution in [0.2, 0.25) is 0 Å². The number of nitrogens with one attached hydrogen (secondary N) is 1. The molecule has 1 fully saturated rings. The number of halogens is 3. The van der Waals surface area contributed by atoms with Gasteiger partial charge in [0.05, 0.1) is 12.5 Å². The number of piperazine rings is 1. The zero-order valence-electron chi connectivity index (χ0n) is 10.5. The Bertz CT molecular complexity index is 417. The summed E-state index contributed by atoms with van der Waals surface area (Å²) in [5.41, 5.74) is 1.22. The van der Waals surface area contributed by atoms with Crippen LogP contribution in [0.15, 0.2) is 28.7 Å². The van der Waals surface area contributed by atoms with E-state index in [1.807, 2.05) is 12.1 Å². The molecule has 1 heterocycles. The van der Waals surface area contributed by atoms with Crippen LogP contribution in [0.4, 0.5) is 0 Å². The third-order valence-electron chi connectivity index (χ3n) is 3.11. The van der Waals surface area contributed by atoms with Crippen LogP contribution in [0.25, 0.3) is 0 Å². The Morgan fingerprint density at radius 1 is 1.32 bits per heavy atom. The van der Waals surface area contributed by atoms with Crippen LogP contribution in [0.5, 0.6) is 0 Å². The van der Waals surface area contributed by atoms with E-state index in [1.54, 1.807) is 0 Å². The predicted molar refractivity (Wildman–Crippen MR) is 86.1 cm³/mol. The summed E-state index contributed by atoms with van der Waals surface area (Å²) in [7, 11) is 0. The molecule has 1 N–H and O–H groups in total. The molecule has 2 rings (SSSR count). The summed E-state index contributed by atoms with van der Waals surface area (Å²) in [4.78, 5) is 2.39. The minimum Gasteiger partial charge on any atom is -0.314 e. The van der Waals surface area contributed by atoms with E-state index >= 15 is 0 Å². The zero-order valence-corrected chi connectivity index (χ0v) is 13.7. The second-order valence-electron chi connectivity index (χ2n) is 4.22. The van der Waals surface area contributed by atoms with Crippen molar-refractivity contribution in [2.75, 3.05) is 26.2 Å². The highest BCUT2D eigenvalue weighted by Crippen LogP contribution is 2.26. The van der Waals surface area contributed by atoms with Crippen molar-refractivity contribution < 1.29 is 0 Å². The van der Waals surface area contributed by atoms with Crippen molar-refractivity contribution in [2.24, 2.45) is 0 Å². The Balaban J connectivity index is 0.00000162. The first-order valence-corrected chi connectivity index (χ1v) is 6.68. The number of nitrogens with zero attached hydrogens (tertiary/aromatic N) is 2. The lowest BCUT2D eigenvalue weighted by molar-refractivity contribution is 0.175. The topological polar surface area (TPSA) is 39.1 Å². The minimum absolute atomic E-state index is 0. The van der Waals surface area contributed by atoms with Gasteiger partial charge in [-0.2, -0.15) is 5.26 Å². The molecule has 0 aromatic heterocycles. The molecule has 19 heavy (non-hydrogen) atoms. The Labute approximate surface area is 135 Å². The van der Waals surface area contributed by atoms with Gasteiger partial charge in [0, 0.05) is 36.7 Å². The minimum atomic E-state index is 0. The molecule has 1 aromatic rings. The third-order valence-corrected chi connectivity index (χ3v) is 3.60.